The maximum atomic E-state index is 9.69. The number of aryl methyl sites for hydroxylation is 1. The molecule has 1 aromatic carbocycles. The Kier molecular flexibility index (Phi) is 5.83. The zero-order valence-electron chi connectivity index (χ0n) is 12.2. The van der Waals surface area contributed by atoms with Gasteiger partial charge in [0.05, 0.1) is 12.1 Å². The van der Waals surface area contributed by atoms with Crippen LogP contribution in [0.25, 0.3) is 0 Å². The van der Waals surface area contributed by atoms with Crippen molar-refractivity contribution in [2.75, 3.05) is 6.61 Å². The molecule has 102 valence electrons. The second kappa shape index (κ2) is 6.91. The van der Waals surface area contributed by atoms with Gasteiger partial charge in [-0.15, -0.1) is 0 Å². The monoisotopic (exact) mass is 249 g/mol. The van der Waals surface area contributed by atoms with Crippen LogP contribution in [-0.2, 0) is 12.0 Å². The van der Waals surface area contributed by atoms with Crippen LogP contribution < -0.4 is 5.32 Å². The van der Waals surface area contributed by atoms with Gasteiger partial charge in [-0.3, -0.25) is 0 Å². The molecule has 0 fully saturated rings. The Bertz CT molecular complexity index is 347. The molecule has 0 aliphatic carbocycles. The van der Waals surface area contributed by atoms with Crippen molar-refractivity contribution in [3.05, 3.63) is 35.4 Å². The van der Waals surface area contributed by atoms with E-state index in [1.165, 1.54) is 12.0 Å². The van der Waals surface area contributed by atoms with Crippen molar-refractivity contribution in [2.24, 2.45) is 0 Å². The number of rotatable bonds is 7. The molecule has 0 saturated heterocycles. The Morgan fingerprint density at radius 2 is 1.83 bits per heavy atom. The second-order valence-corrected chi connectivity index (χ2v) is 5.39. The third kappa shape index (κ3) is 3.82. The summed E-state index contributed by atoms with van der Waals surface area (Å²) in [5, 5.41) is 13.2. The molecular weight excluding hydrogens is 222 g/mol. The Hall–Kier alpha value is -0.860. The molecule has 2 heteroatoms. The lowest BCUT2D eigenvalue weighted by atomic mass is 9.90. The van der Waals surface area contributed by atoms with Crippen LogP contribution >= 0.6 is 0 Å². The Balaban J connectivity index is 2.86. The Morgan fingerprint density at radius 3 is 2.28 bits per heavy atom. The zero-order valence-corrected chi connectivity index (χ0v) is 12.2. The fourth-order valence-electron chi connectivity index (χ4n) is 2.19. The smallest absolute Gasteiger partial charge is 0.0652 e. The molecule has 18 heavy (non-hydrogen) atoms. The van der Waals surface area contributed by atoms with Crippen LogP contribution in [0.4, 0.5) is 0 Å². The first kappa shape index (κ1) is 15.2. The van der Waals surface area contributed by atoms with Crippen molar-refractivity contribution in [1.82, 2.24) is 5.32 Å². The second-order valence-electron chi connectivity index (χ2n) is 5.39. The van der Waals surface area contributed by atoms with Gasteiger partial charge >= 0.3 is 0 Å². The van der Waals surface area contributed by atoms with E-state index < -0.39 is 0 Å². The molecule has 2 nitrogen and oxygen atoms in total. The number of hydrogen-bond acceptors (Lipinski definition) is 2. The van der Waals surface area contributed by atoms with Crippen molar-refractivity contribution in [1.29, 1.82) is 0 Å². The molecule has 0 spiro atoms. The highest BCUT2D eigenvalue weighted by Gasteiger charge is 2.26. The minimum Gasteiger partial charge on any atom is -0.394 e. The van der Waals surface area contributed by atoms with Gasteiger partial charge in [0.15, 0.2) is 0 Å². The number of aliphatic hydroxyl groups is 1. The summed E-state index contributed by atoms with van der Waals surface area (Å²) in [5.74, 6) is 0. The van der Waals surface area contributed by atoms with Crippen molar-refractivity contribution in [3.63, 3.8) is 0 Å². The normalized spacial score (nSPS) is 16.3. The summed E-state index contributed by atoms with van der Waals surface area (Å²) in [6.07, 6.45) is 3.35. The van der Waals surface area contributed by atoms with Crippen LogP contribution in [0.3, 0.4) is 0 Å². The van der Waals surface area contributed by atoms with Gasteiger partial charge in [-0.1, -0.05) is 44.5 Å². The lowest BCUT2D eigenvalue weighted by Crippen LogP contribution is -2.47. The van der Waals surface area contributed by atoms with Crippen LogP contribution in [0.2, 0.25) is 0 Å². The van der Waals surface area contributed by atoms with Crippen LogP contribution in [0.1, 0.15) is 51.7 Å². The van der Waals surface area contributed by atoms with Crippen molar-refractivity contribution < 1.29 is 5.11 Å². The molecule has 0 aromatic heterocycles. The largest absolute Gasteiger partial charge is 0.394 e. The highest BCUT2D eigenvalue weighted by molar-refractivity contribution is 5.28. The SMILES string of the molecule is CCCc1ccc(C(C)(CO)NC(C)CC)cc1. The first-order chi connectivity index (χ1) is 8.55. The van der Waals surface area contributed by atoms with Crippen molar-refractivity contribution in [3.8, 4) is 0 Å². The summed E-state index contributed by atoms with van der Waals surface area (Å²) in [6, 6.07) is 9.01. The number of hydrogen-bond donors (Lipinski definition) is 2. The lowest BCUT2D eigenvalue weighted by molar-refractivity contribution is 0.162. The summed E-state index contributed by atoms with van der Waals surface area (Å²) >= 11 is 0. The van der Waals surface area contributed by atoms with Gasteiger partial charge in [0.25, 0.3) is 0 Å². The molecule has 0 amide bonds. The molecule has 0 aliphatic heterocycles. The predicted octanol–water partition coefficient (Wildman–Crippen LogP) is 3.23. The highest BCUT2D eigenvalue weighted by Crippen LogP contribution is 2.22. The molecule has 0 aliphatic rings. The maximum absolute atomic E-state index is 9.69. The highest BCUT2D eigenvalue weighted by atomic mass is 16.3. The van der Waals surface area contributed by atoms with Gasteiger partial charge < -0.3 is 10.4 Å². The number of aliphatic hydroxyl groups excluding tert-OH is 1. The average molecular weight is 249 g/mol. The molecule has 0 saturated carbocycles. The van der Waals surface area contributed by atoms with E-state index in [4.69, 9.17) is 0 Å². The van der Waals surface area contributed by atoms with E-state index in [1.807, 2.05) is 0 Å². The third-order valence-corrected chi connectivity index (χ3v) is 3.62. The van der Waals surface area contributed by atoms with Crippen molar-refractivity contribution in [2.45, 2.75) is 58.5 Å². The Morgan fingerprint density at radius 1 is 1.22 bits per heavy atom. The molecule has 0 heterocycles. The molecule has 2 unspecified atom stereocenters. The van der Waals surface area contributed by atoms with E-state index in [0.717, 1.165) is 18.4 Å². The van der Waals surface area contributed by atoms with E-state index in [9.17, 15) is 5.11 Å². The molecule has 0 radical (unpaired) electrons. The van der Waals surface area contributed by atoms with E-state index in [1.54, 1.807) is 0 Å². The molecule has 2 N–H and O–H groups in total. The quantitative estimate of drug-likeness (QED) is 0.777. The van der Waals surface area contributed by atoms with Crippen LogP contribution in [0.15, 0.2) is 24.3 Å². The standard InChI is InChI=1S/C16H27NO/c1-5-7-14-8-10-15(11-9-14)16(4,12-18)17-13(3)6-2/h8-11,13,17-18H,5-7,12H2,1-4H3. The van der Waals surface area contributed by atoms with Gasteiger partial charge in [0, 0.05) is 6.04 Å². The topological polar surface area (TPSA) is 32.3 Å². The van der Waals surface area contributed by atoms with Crippen LogP contribution in [-0.4, -0.2) is 17.8 Å². The van der Waals surface area contributed by atoms with Gasteiger partial charge in [-0.05, 0) is 37.8 Å². The number of nitrogens with one attached hydrogen (secondary N) is 1. The van der Waals surface area contributed by atoms with E-state index in [-0.39, 0.29) is 12.1 Å². The van der Waals surface area contributed by atoms with Gasteiger partial charge in [-0.2, -0.15) is 0 Å². The first-order valence-corrected chi connectivity index (χ1v) is 7.03. The fourth-order valence-corrected chi connectivity index (χ4v) is 2.19. The predicted molar refractivity (Wildman–Crippen MR) is 77.8 cm³/mol. The lowest BCUT2D eigenvalue weighted by Gasteiger charge is -2.32. The zero-order chi connectivity index (χ0) is 13.6. The first-order valence-electron chi connectivity index (χ1n) is 7.03. The van der Waals surface area contributed by atoms with Crippen molar-refractivity contribution >= 4 is 0 Å². The van der Waals surface area contributed by atoms with Crippen LogP contribution in [0, 0.1) is 0 Å². The summed E-state index contributed by atoms with van der Waals surface area (Å²) < 4.78 is 0. The Labute approximate surface area is 111 Å². The fraction of sp³-hybridized carbons (Fsp3) is 0.625. The van der Waals surface area contributed by atoms with E-state index in [2.05, 4.69) is 57.3 Å². The maximum Gasteiger partial charge on any atom is 0.0652 e. The molecular formula is C16H27NO. The molecule has 0 bridgehead atoms. The minimum atomic E-state index is -0.347. The number of benzene rings is 1. The molecule has 1 rings (SSSR count). The molecule has 1 aromatic rings. The van der Waals surface area contributed by atoms with Crippen LogP contribution in [0.5, 0.6) is 0 Å². The van der Waals surface area contributed by atoms with E-state index in [0.29, 0.717) is 6.04 Å². The third-order valence-electron chi connectivity index (χ3n) is 3.62. The summed E-state index contributed by atoms with van der Waals surface area (Å²) in [6.45, 7) is 8.67. The summed E-state index contributed by atoms with van der Waals surface area (Å²) in [5.41, 5.74) is 2.18. The van der Waals surface area contributed by atoms with E-state index >= 15 is 0 Å². The van der Waals surface area contributed by atoms with Gasteiger partial charge in [-0.25, -0.2) is 0 Å². The average Bonchev–Trinajstić information content (AvgIpc) is 2.39. The van der Waals surface area contributed by atoms with Gasteiger partial charge in [0.2, 0.25) is 0 Å². The molecule has 2 atom stereocenters. The summed E-state index contributed by atoms with van der Waals surface area (Å²) in [7, 11) is 0. The van der Waals surface area contributed by atoms with Gasteiger partial charge in [0.1, 0.15) is 0 Å². The summed E-state index contributed by atoms with van der Waals surface area (Å²) in [4.78, 5) is 0. The minimum absolute atomic E-state index is 0.116.